The smallest absolute Gasteiger partial charge is 0.224 e. The lowest BCUT2D eigenvalue weighted by atomic mass is 10.1. The lowest BCUT2D eigenvalue weighted by Gasteiger charge is -2.05. The van der Waals surface area contributed by atoms with Gasteiger partial charge in [-0.05, 0) is 23.3 Å². The Balaban J connectivity index is 1.67. The van der Waals surface area contributed by atoms with E-state index in [0.29, 0.717) is 18.2 Å². The Bertz CT molecular complexity index is 756. The Hall–Kier alpha value is -3.20. The molecule has 0 unspecified atom stereocenters. The molecule has 2 heterocycles. The van der Waals surface area contributed by atoms with Gasteiger partial charge in [0.1, 0.15) is 11.8 Å². The predicted molar refractivity (Wildman–Crippen MR) is 78.1 cm³/mol. The van der Waals surface area contributed by atoms with Crippen LogP contribution >= 0.6 is 0 Å². The van der Waals surface area contributed by atoms with Crippen LogP contribution in [0.1, 0.15) is 11.3 Å². The van der Waals surface area contributed by atoms with Crippen molar-refractivity contribution in [2.24, 2.45) is 0 Å². The molecule has 6 nitrogen and oxygen atoms in total. The van der Waals surface area contributed by atoms with E-state index in [1.165, 1.54) is 0 Å². The summed E-state index contributed by atoms with van der Waals surface area (Å²) in [5.41, 5.74) is 3.52. The quantitative estimate of drug-likeness (QED) is 0.763. The van der Waals surface area contributed by atoms with Gasteiger partial charge in [-0.1, -0.05) is 24.3 Å². The molecule has 3 rings (SSSR count). The van der Waals surface area contributed by atoms with Crippen molar-refractivity contribution in [1.82, 2.24) is 20.2 Å². The van der Waals surface area contributed by atoms with Crippen molar-refractivity contribution in [3.05, 3.63) is 60.0 Å². The van der Waals surface area contributed by atoms with E-state index in [1.807, 2.05) is 36.4 Å². The molecule has 0 saturated carbocycles. The van der Waals surface area contributed by atoms with E-state index >= 15 is 0 Å². The van der Waals surface area contributed by atoms with Gasteiger partial charge < -0.3 is 5.32 Å². The molecule has 0 fully saturated rings. The number of benzene rings is 1. The topological polar surface area (TPSA) is 90.3 Å². The maximum atomic E-state index is 8.79. The average Bonchev–Trinajstić information content (AvgIpc) is 3.08. The molecule has 0 atom stereocenters. The predicted octanol–water partition coefficient (Wildman–Crippen LogP) is 2.35. The molecule has 3 aromatic rings. The molecule has 0 aliphatic rings. The summed E-state index contributed by atoms with van der Waals surface area (Å²) < 4.78 is 0. The summed E-state index contributed by atoms with van der Waals surface area (Å²) in [6.45, 7) is 0.595. The number of anilines is 1. The van der Waals surface area contributed by atoms with E-state index in [-0.39, 0.29) is 0 Å². The van der Waals surface area contributed by atoms with Crippen LogP contribution in [0.4, 0.5) is 5.95 Å². The number of nitrogens with zero attached hydrogens (tertiary/aromatic N) is 4. The van der Waals surface area contributed by atoms with Crippen molar-refractivity contribution >= 4 is 5.95 Å². The van der Waals surface area contributed by atoms with E-state index in [4.69, 9.17) is 5.26 Å². The fourth-order valence-corrected chi connectivity index (χ4v) is 1.91. The molecular weight excluding hydrogens is 264 g/mol. The Morgan fingerprint density at radius 3 is 2.67 bits per heavy atom. The molecule has 0 amide bonds. The van der Waals surface area contributed by atoms with Crippen LogP contribution in [0.3, 0.4) is 0 Å². The number of hydrogen-bond donors (Lipinski definition) is 2. The lowest BCUT2D eigenvalue weighted by molar-refractivity contribution is 1.04. The first-order chi connectivity index (χ1) is 10.3. The minimum atomic E-state index is 0.349. The van der Waals surface area contributed by atoms with Crippen molar-refractivity contribution in [2.75, 3.05) is 5.32 Å². The Morgan fingerprint density at radius 2 is 1.95 bits per heavy atom. The largest absolute Gasteiger partial charge is 0.350 e. The van der Waals surface area contributed by atoms with E-state index in [0.717, 1.165) is 16.8 Å². The molecule has 1 aromatic carbocycles. The first kappa shape index (κ1) is 12.8. The van der Waals surface area contributed by atoms with Crippen LogP contribution in [-0.2, 0) is 6.54 Å². The second kappa shape index (κ2) is 5.84. The highest BCUT2D eigenvalue weighted by atomic mass is 15.1. The van der Waals surface area contributed by atoms with Crippen molar-refractivity contribution in [2.45, 2.75) is 6.54 Å². The van der Waals surface area contributed by atoms with Crippen LogP contribution in [0.5, 0.6) is 0 Å². The van der Waals surface area contributed by atoms with Gasteiger partial charge in [0.25, 0.3) is 0 Å². The first-order valence-electron chi connectivity index (χ1n) is 6.41. The van der Waals surface area contributed by atoms with Crippen molar-refractivity contribution in [1.29, 1.82) is 5.26 Å². The van der Waals surface area contributed by atoms with Gasteiger partial charge in [0.2, 0.25) is 5.95 Å². The minimum absolute atomic E-state index is 0.349. The van der Waals surface area contributed by atoms with Crippen molar-refractivity contribution < 1.29 is 0 Å². The number of H-pyrrole nitrogens is 1. The SMILES string of the molecule is N#Cc1ccnc(NCc2ccc(-c3ccn[nH]3)cc2)n1. The molecule has 0 bridgehead atoms. The molecule has 6 heteroatoms. The van der Waals surface area contributed by atoms with Crippen LogP contribution in [0, 0.1) is 11.3 Å². The summed E-state index contributed by atoms with van der Waals surface area (Å²) in [5, 5.41) is 18.7. The fourth-order valence-electron chi connectivity index (χ4n) is 1.91. The highest BCUT2D eigenvalue weighted by Gasteiger charge is 2.01. The third kappa shape index (κ3) is 3.04. The standard InChI is InChI=1S/C15H12N6/c16-9-13-5-7-17-15(20-13)18-10-11-1-3-12(4-2-11)14-6-8-19-21-14/h1-8H,10H2,(H,19,21)(H,17,18,20). The van der Waals surface area contributed by atoms with Crippen LogP contribution in [0.25, 0.3) is 11.3 Å². The third-order valence-corrected chi connectivity index (χ3v) is 2.99. The highest BCUT2D eigenvalue weighted by molar-refractivity contribution is 5.58. The van der Waals surface area contributed by atoms with Gasteiger partial charge in [-0.3, -0.25) is 5.10 Å². The van der Waals surface area contributed by atoms with E-state index in [2.05, 4.69) is 25.5 Å². The highest BCUT2D eigenvalue weighted by Crippen LogP contribution is 2.16. The zero-order valence-electron chi connectivity index (χ0n) is 11.1. The van der Waals surface area contributed by atoms with Gasteiger partial charge >= 0.3 is 0 Å². The Morgan fingerprint density at radius 1 is 1.10 bits per heavy atom. The van der Waals surface area contributed by atoms with Gasteiger partial charge in [-0.2, -0.15) is 10.4 Å². The molecule has 0 spiro atoms. The number of nitriles is 1. The third-order valence-electron chi connectivity index (χ3n) is 2.99. The fraction of sp³-hybridized carbons (Fsp3) is 0.0667. The minimum Gasteiger partial charge on any atom is -0.350 e. The second-order valence-corrected chi connectivity index (χ2v) is 4.40. The maximum absolute atomic E-state index is 8.79. The Labute approximate surface area is 121 Å². The summed E-state index contributed by atoms with van der Waals surface area (Å²) in [7, 11) is 0. The average molecular weight is 276 g/mol. The van der Waals surface area contributed by atoms with Gasteiger partial charge in [-0.25, -0.2) is 9.97 Å². The van der Waals surface area contributed by atoms with Gasteiger partial charge in [0.15, 0.2) is 0 Å². The number of rotatable bonds is 4. The lowest BCUT2D eigenvalue weighted by Crippen LogP contribution is -2.04. The monoisotopic (exact) mass is 276 g/mol. The van der Waals surface area contributed by atoms with Crippen molar-refractivity contribution in [3.63, 3.8) is 0 Å². The number of hydrogen-bond acceptors (Lipinski definition) is 5. The number of aromatic nitrogens is 4. The summed E-state index contributed by atoms with van der Waals surface area (Å²) in [4.78, 5) is 8.14. The molecule has 21 heavy (non-hydrogen) atoms. The van der Waals surface area contributed by atoms with E-state index < -0.39 is 0 Å². The van der Waals surface area contributed by atoms with Gasteiger partial charge in [0.05, 0.1) is 5.69 Å². The summed E-state index contributed by atoms with van der Waals surface area (Å²) in [6.07, 6.45) is 3.29. The number of nitrogens with one attached hydrogen (secondary N) is 2. The first-order valence-corrected chi connectivity index (χ1v) is 6.41. The van der Waals surface area contributed by atoms with Gasteiger partial charge in [-0.15, -0.1) is 0 Å². The molecule has 0 aliphatic heterocycles. The van der Waals surface area contributed by atoms with E-state index in [1.54, 1.807) is 18.5 Å². The van der Waals surface area contributed by atoms with Gasteiger partial charge in [0, 0.05) is 18.9 Å². The van der Waals surface area contributed by atoms with Crippen LogP contribution in [0.15, 0.2) is 48.8 Å². The summed E-state index contributed by atoms with van der Waals surface area (Å²) >= 11 is 0. The summed E-state index contributed by atoms with van der Waals surface area (Å²) in [6, 6.07) is 13.6. The molecule has 0 saturated heterocycles. The van der Waals surface area contributed by atoms with Crippen LogP contribution < -0.4 is 5.32 Å². The molecule has 0 aliphatic carbocycles. The van der Waals surface area contributed by atoms with Crippen LogP contribution in [0.2, 0.25) is 0 Å². The molecule has 0 radical (unpaired) electrons. The molecule has 102 valence electrons. The zero-order chi connectivity index (χ0) is 14.5. The normalized spacial score (nSPS) is 10.0. The zero-order valence-corrected chi connectivity index (χ0v) is 11.1. The summed E-state index contributed by atoms with van der Waals surface area (Å²) in [5.74, 6) is 0.451. The molecule has 2 aromatic heterocycles. The molecular formula is C15H12N6. The van der Waals surface area contributed by atoms with E-state index in [9.17, 15) is 0 Å². The maximum Gasteiger partial charge on any atom is 0.224 e. The van der Waals surface area contributed by atoms with Crippen molar-refractivity contribution in [3.8, 4) is 17.3 Å². The Kier molecular flexibility index (Phi) is 3.56. The number of aromatic amines is 1. The molecule has 2 N–H and O–H groups in total. The second-order valence-electron chi connectivity index (χ2n) is 4.40. The van der Waals surface area contributed by atoms with Crippen LogP contribution in [-0.4, -0.2) is 20.2 Å².